The Morgan fingerprint density at radius 3 is 2.59 bits per heavy atom. The van der Waals surface area contributed by atoms with Gasteiger partial charge in [-0.3, -0.25) is 4.79 Å². The van der Waals surface area contributed by atoms with Crippen molar-refractivity contribution in [2.75, 3.05) is 27.4 Å². The summed E-state index contributed by atoms with van der Waals surface area (Å²) in [6.45, 7) is 3.79. The van der Waals surface area contributed by atoms with E-state index >= 15 is 0 Å². The number of carbonyl (C=O) groups excluding carboxylic acids is 1. The molecule has 1 amide bonds. The lowest BCUT2D eigenvalue weighted by Crippen LogP contribution is -2.17. The molecule has 0 bridgehead atoms. The zero-order valence-corrected chi connectivity index (χ0v) is 17.4. The number of fused-ring (bicyclic) bond motifs is 2. The maximum Gasteiger partial charge on any atom is 0.252 e. The summed E-state index contributed by atoms with van der Waals surface area (Å²) in [6.07, 6.45) is 0.147. The summed E-state index contributed by atoms with van der Waals surface area (Å²) in [7, 11) is 3.16. The molecule has 0 spiro atoms. The predicted octanol–water partition coefficient (Wildman–Crippen LogP) is 3.18. The highest BCUT2D eigenvalue weighted by Gasteiger charge is 2.17. The molecule has 0 fully saturated rings. The van der Waals surface area contributed by atoms with Crippen LogP contribution in [0.15, 0.2) is 35.3 Å². The van der Waals surface area contributed by atoms with E-state index in [2.05, 4.69) is 4.99 Å². The molecule has 3 aromatic rings. The number of rotatable bonds is 5. The number of amides is 1. The maximum absolute atomic E-state index is 12.7. The van der Waals surface area contributed by atoms with Crippen LogP contribution in [0.3, 0.4) is 0 Å². The van der Waals surface area contributed by atoms with Gasteiger partial charge >= 0.3 is 0 Å². The summed E-state index contributed by atoms with van der Waals surface area (Å²) in [5.41, 5.74) is 1.75. The van der Waals surface area contributed by atoms with Crippen LogP contribution in [0.25, 0.3) is 10.2 Å². The van der Waals surface area contributed by atoms with Gasteiger partial charge in [-0.1, -0.05) is 17.4 Å². The van der Waals surface area contributed by atoms with Crippen LogP contribution in [0.4, 0.5) is 0 Å². The van der Waals surface area contributed by atoms with Crippen molar-refractivity contribution in [3.63, 3.8) is 0 Å². The van der Waals surface area contributed by atoms with Gasteiger partial charge < -0.3 is 23.5 Å². The van der Waals surface area contributed by atoms with E-state index in [1.807, 2.05) is 29.7 Å². The highest BCUT2D eigenvalue weighted by Crippen LogP contribution is 2.35. The molecule has 1 aliphatic heterocycles. The quantitative estimate of drug-likeness (QED) is 0.641. The van der Waals surface area contributed by atoms with Crippen molar-refractivity contribution < 1.29 is 23.7 Å². The fraction of sp³-hybridized carbons (Fsp3) is 0.333. The van der Waals surface area contributed by atoms with E-state index in [-0.39, 0.29) is 12.3 Å². The van der Waals surface area contributed by atoms with Crippen molar-refractivity contribution >= 4 is 27.5 Å². The normalized spacial score (nSPS) is 13.6. The summed E-state index contributed by atoms with van der Waals surface area (Å²) in [5, 5.41) is 0. The Labute approximate surface area is 172 Å². The second-order valence-electron chi connectivity index (χ2n) is 6.45. The number of benzene rings is 2. The molecule has 0 unspecified atom stereocenters. The Bertz CT molecular complexity index is 1130. The number of carbonyl (C=O) groups is 1. The maximum atomic E-state index is 12.7. The predicted molar refractivity (Wildman–Crippen MR) is 110 cm³/mol. The molecule has 8 heteroatoms. The van der Waals surface area contributed by atoms with Crippen molar-refractivity contribution in [1.29, 1.82) is 0 Å². The SMILES string of the molecule is CCn1c(=NC(=O)Cc2ccc(OC)cc2OC)sc2cc3c(cc21)OCCO3. The van der Waals surface area contributed by atoms with Gasteiger partial charge in [0.15, 0.2) is 16.3 Å². The lowest BCUT2D eigenvalue weighted by molar-refractivity contribution is -0.117. The van der Waals surface area contributed by atoms with E-state index in [1.165, 1.54) is 11.3 Å². The molecule has 0 aliphatic carbocycles. The van der Waals surface area contributed by atoms with Crippen LogP contribution < -0.4 is 23.7 Å². The Morgan fingerprint density at radius 1 is 1.14 bits per heavy atom. The minimum absolute atomic E-state index is 0.147. The van der Waals surface area contributed by atoms with E-state index in [9.17, 15) is 4.79 Å². The molecule has 4 rings (SSSR count). The first-order valence-corrected chi connectivity index (χ1v) is 10.2. The minimum Gasteiger partial charge on any atom is -0.497 e. The van der Waals surface area contributed by atoms with Gasteiger partial charge in [-0.15, -0.1) is 0 Å². The summed E-state index contributed by atoms with van der Waals surface area (Å²) in [5.74, 6) is 2.50. The van der Waals surface area contributed by atoms with Crippen LogP contribution >= 0.6 is 11.3 Å². The molecule has 152 valence electrons. The Hall–Kier alpha value is -3.00. The average molecular weight is 414 g/mol. The fourth-order valence-corrected chi connectivity index (χ4v) is 4.43. The van der Waals surface area contributed by atoms with Crippen molar-refractivity contribution in [2.45, 2.75) is 19.9 Å². The smallest absolute Gasteiger partial charge is 0.252 e. The molecule has 0 saturated heterocycles. The van der Waals surface area contributed by atoms with E-state index < -0.39 is 0 Å². The molecule has 2 aromatic carbocycles. The number of ether oxygens (including phenoxy) is 4. The van der Waals surface area contributed by atoms with Crippen LogP contribution in [-0.2, 0) is 17.8 Å². The van der Waals surface area contributed by atoms with Gasteiger partial charge in [0.2, 0.25) is 0 Å². The van der Waals surface area contributed by atoms with E-state index in [4.69, 9.17) is 18.9 Å². The van der Waals surface area contributed by atoms with Crippen LogP contribution in [0.5, 0.6) is 23.0 Å². The number of thiazole rings is 1. The van der Waals surface area contributed by atoms with E-state index in [1.54, 1.807) is 26.4 Å². The Morgan fingerprint density at radius 2 is 1.90 bits per heavy atom. The van der Waals surface area contributed by atoms with Crippen LogP contribution in [0, 0.1) is 0 Å². The van der Waals surface area contributed by atoms with Gasteiger partial charge in [0.25, 0.3) is 5.91 Å². The Kier molecular flexibility index (Phi) is 5.44. The van der Waals surface area contributed by atoms with Gasteiger partial charge in [0.1, 0.15) is 24.7 Å². The molecule has 29 heavy (non-hydrogen) atoms. The van der Waals surface area contributed by atoms with E-state index in [0.29, 0.717) is 36.1 Å². The molecular weight excluding hydrogens is 392 g/mol. The number of methoxy groups -OCH3 is 2. The van der Waals surface area contributed by atoms with Crippen LogP contribution in [0.2, 0.25) is 0 Å². The molecule has 1 aliphatic rings. The van der Waals surface area contributed by atoms with Crippen LogP contribution in [-0.4, -0.2) is 37.9 Å². The second kappa shape index (κ2) is 8.16. The van der Waals surface area contributed by atoms with Crippen molar-refractivity contribution in [2.24, 2.45) is 4.99 Å². The van der Waals surface area contributed by atoms with Gasteiger partial charge in [0.05, 0.1) is 30.9 Å². The summed E-state index contributed by atoms with van der Waals surface area (Å²) in [6, 6.07) is 9.31. The third-order valence-corrected chi connectivity index (χ3v) is 5.76. The molecule has 1 aromatic heterocycles. The monoisotopic (exact) mass is 414 g/mol. The van der Waals surface area contributed by atoms with Crippen molar-refractivity contribution in [1.82, 2.24) is 4.57 Å². The van der Waals surface area contributed by atoms with Crippen molar-refractivity contribution in [3.8, 4) is 23.0 Å². The lowest BCUT2D eigenvalue weighted by Gasteiger charge is -2.18. The number of nitrogens with zero attached hydrogens (tertiary/aromatic N) is 2. The highest BCUT2D eigenvalue weighted by molar-refractivity contribution is 7.16. The summed E-state index contributed by atoms with van der Waals surface area (Å²) < 4.78 is 25.0. The van der Waals surface area contributed by atoms with Gasteiger partial charge in [-0.05, 0) is 13.0 Å². The molecule has 0 radical (unpaired) electrons. The molecule has 7 nitrogen and oxygen atoms in total. The fourth-order valence-electron chi connectivity index (χ4n) is 3.30. The third-order valence-electron chi connectivity index (χ3n) is 4.72. The first-order chi connectivity index (χ1) is 14.1. The summed E-state index contributed by atoms with van der Waals surface area (Å²) >= 11 is 1.46. The van der Waals surface area contributed by atoms with E-state index in [0.717, 1.165) is 27.3 Å². The first kappa shape index (κ1) is 19.3. The molecule has 0 atom stereocenters. The number of aromatic nitrogens is 1. The summed E-state index contributed by atoms with van der Waals surface area (Å²) in [4.78, 5) is 17.7. The number of hydrogen-bond donors (Lipinski definition) is 0. The topological polar surface area (TPSA) is 71.3 Å². The average Bonchev–Trinajstić information content (AvgIpc) is 3.07. The van der Waals surface area contributed by atoms with Gasteiger partial charge in [-0.2, -0.15) is 4.99 Å². The standard InChI is InChI=1S/C21H22N2O5S/c1-4-23-15-11-17-18(28-8-7-27-17)12-19(15)29-21(23)22-20(24)9-13-5-6-14(25-2)10-16(13)26-3/h5-6,10-12H,4,7-9H2,1-3H3. The highest BCUT2D eigenvalue weighted by atomic mass is 32.1. The molecule has 0 N–H and O–H groups in total. The third kappa shape index (κ3) is 3.80. The van der Waals surface area contributed by atoms with Crippen LogP contribution in [0.1, 0.15) is 12.5 Å². The number of hydrogen-bond acceptors (Lipinski definition) is 6. The van der Waals surface area contributed by atoms with Crippen molar-refractivity contribution in [3.05, 3.63) is 40.7 Å². The zero-order chi connectivity index (χ0) is 20.4. The zero-order valence-electron chi connectivity index (χ0n) is 16.6. The Balaban J connectivity index is 1.69. The minimum atomic E-state index is -0.237. The largest absolute Gasteiger partial charge is 0.497 e. The first-order valence-electron chi connectivity index (χ1n) is 9.34. The molecule has 2 heterocycles. The molecule has 0 saturated carbocycles. The van der Waals surface area contributed by atoms with Gasteiger partial charge in [0, 0.05) is 30.3 Å². The molecular formula is C21H22N2O5S. The van der Waals surface area contributed by atoms with Gasteiger partial charge in [-0.25, -0.2) is 0 Å². The lowest BCUT2D eigenvalue weighted by atomic mass is 10.1. The number of aryl methyl sites for hydroxylation is 1. The second-order valence-corrected chi connectivity index (χ2v) is 7.46.